The number of nitrogens with zero attached hydrogens (tertiary/aromatic N) is 4. The molecule has 0 bridgehead atoms. The molecule has 1 amide bonds. The molecule has 0 unspecified atom stereocenters. The molecule has 3 heterocycles. The predicted octanol–water partition coefficient (Wildman–Crippen LogP) is 4.40. The normalized spacial score (nSPS) is 18.1. The second kappa shape index (κ2) is 18.1. The minimum Gasteiger partial charge on any atom is -0.463 e. The number of ether oxygens (including phenoxy) is 6. The van der Waals surface area contributed by atoms with Crippen molar-refractivity contribution < 1.29 is 52.4 Å². The van der Waals surface area contributed by atoms with Gasteiger partial charge in [0.2, 0.25) is 0 Å². The second-order valence-corrected chi connectivity index (χ2v) is 12.8. The Morgan fingerprint density at radius 2 is 1.34 bits per heavy atom. The molecule has 0 radical (unpaired) electrons. The smallest absolute Gasteiger partial charge is 0.408 e. The summed E-state index contributed by atoms with van der Waals surface area (Å²) in [5.74, 6) is -2.51. The average Bonchev–Trinajstić information content (AvgIpc) is 3.76. The van der Waals surface area contributed by atoms with Gasteiger partial charge in [-0.2, -0.15) is 0 Å². The number of alkyl carbamates (subject to hydrolysis) is 1. The van der Waals surface area contributed by atoms with Crippen LogP contribution < -0.4 is 5.32 Å². The maximum atomic E-state index is 13.3. The lowest BCUT2D eigenvalue weighted by molar-refractivity contribution is -0.166. The molecule has 3 aromatic carbocycles. The highest BCUT2D eigenvalue weighted by atomic mass is 16.7. The zero-order valence-corrected chi connectivity index (χ0v) is 30.7. The lowest BCUT2D eigenvalue weighted by Gasteiger charge is -2.23. The third-order valence-corrected chi connectivity index (χ3v) is 8.65. The molecule has 0 aliphatic carbocycles. The maximum Gasteiger partial charge on any atom is 0.408 e. The number of hydrogen-bond acceptors (Lipinski definition) is 14. The highest BCUT2D eigenvalue weighted by Crippen LogP contribution is 2.37. The van der Waals surface area contributed by atoms with E-state index in [1.54, 1.807) is 24.3 Å². The number of aromatic nitrogens is 4. The van der Waals surface area contributed by atoms with Crippen LogP contribution in [0.25, 0.3) is 22.4 Å². The van der Waals surface area contributed by atoms with Crippen LogP contribution >= 0.6 is 0 Å². The maximum absolute atomic E-state index is 13.3. The number of imidazole rings is 1. The molecule has 1 N–H and O–H groups in total. The van der Waals surface area contributed by atoms with Gasteiger partial charge in [-0.25, -0.2) is 24.5 Å². The van der Waals surface area contributed by atoms with Crippen LogP contribution in [0.2, 0.25) is 0 Å². The van der Waals surface area contributed by atoms with Crippen LogP contribution in [-0.4, -0.2) is 80.5 Å². The molecular weight excluding hydrogens is 726 g/mol. The number of amides is 1. The Hall–Kier alpha value is -6.68. The van der Waals surface area contributed by atoms with Gasteiger partial charge in [0.25, 0.3) is 0 Å². The van der Waals surface area contributed by atoms with E-state index in [9.17, 15) is 24.0 Å². The van der Waals surface area contributed by atoms with Gasteiger partial charge < -0.3 is 33.7 Å². The summed E-state index contributed by atoms with van der Waals surface area (Å²) in [5, 5.41) is 2.65. The summed E-state index contributed by atoms with van der Waals surface area (Å²) in [7, 11) is 0. The van der Waals surface area contributed by atoms with Crippen molar-refractivity contribution in [1.82, 2.24) is 24.8 Å². The zero-order valence-electron chi connectivity index (χ0n) is 30.7. The van der Waals surface area contributed by atoms with Crippen LogP contribution in [0, 0.1) is 0 Å². The van der Waals surface area contributed by atoms with Crippen molar-refractivity contribution in [3.05, 3.63) is 114 Å². The van der Waals surface area contributed by atoms with Crippen molar-refractivity contribution in [1.29, 1.82) is 0 Å². The number of benzene rings is 3. The molecule has 2 aromatic heterocycles. The Bertz CT molecular complexity index is 2160. The highest BCUT2D eigenvalue weighted by Gasteiger charge is 2.51. The average molecular weight is 766 g/mol. The van der Waals surface area contributed by atoms with Crippen molar-refractivity contribution in [2.24, 2.45) is 0 Å². The number of nitrogens with one attached hydrogen (secondary N) is 1. The van der Waals surface area contributed by atoms with Gasteiger partial charge >= 0.3 is 30.0 Å². The third-order valence-electron chi connectivity index (χ3n) is 8.65. The summed E-state index contributed by atoms with van der Waals surface area (Å²) in [4.78, 5) is 75.4. The first-order chi connectivity index (χ1) is 27.0. The molecule has 5 atom stereocenters. The van der Waals surface area contributed by atoms with Gasteiger partial charge in [0.1, 0.15) is 49.5 Å². The Balaban J connectivity index is 1.21. The summed E-state index contributed by atoms with van der Waals surface area (Å²) >= 11 is 0. The predicted molar refractivity (Wildman–Crippen MR) is 196 cm³/mol. The van der Waals surface area contributed by atoms with E-state index in [1.807, 2.05) is 60.7 Å². The first kappa shape index (κ1) is 39.0. The van der Waals surface area contributed by atoms with E-state index in [-0.39, 0.29) is 26.2 Å². The fraction of sp³-hybridized carbons (Fsp3) is 0.300. The van der Waals surface area contributed by atoms with Crippen molar-refractivity contribution >= 4 is 41.1 Å². The summed E-state index contributed by atoms with van der Waals surface area (Å²) in [6.45, 7) is 3.42. The molecule has 1 aliphatic heterocycles. The lowest BCUT2D eigenvalue weighted by atomic mass is 10.0. The molecular formula is C40H39N5O11. The molecule has 1 saturated heterocycles. The van der Waals surface area contributed by atoms with E-state index in [2.05, 4.69) is 20.3 Å². The minimum atomic E-state index is -1.14. The lowest BCUT2D eigenvalue weighted by Crippen LogP contribution is -2.43. The fourth-order valence-corrected chi connectivity index (χ4v) is 6.13. The van der Waals surface area contributed by atoms with Crippen molar-refractivity contribution in [3.63, 3.8) is 0 Å². The van der Waals surface area contributed by atoms with Crippen LogP contribution in [0.5, 0.6) is 0 Å². The van der Waals surface area contributed by atoms with Crippen LogP contribution in [0.1, 0.15) is 43.7 Å². The number of rotatable bonds is 14. The molecule has 290 valence electrons. The Morgan fingerprint density at radius 1 is 0.714 bits per heavy atom. The monoisotopic (exact) mass is 765 g/mol. The first-order valence-electron chi connectivity index (χ1n) is 17.6. The van der Waals surface area contributed by atoms with Crippen LogP contribution in [-0.2, 0) is 67.2 Å². The molecule has 16 nitrogen and oxygen atoms in total. The van der Waals surface area contributed by atoms with Crippen molar-refractivity contribution in [2.45, 2.75) is 71.0 Å². The topological polar surface area (TPSA) is 196 Å². The molecule has 5 aromatic rings. The standard InChI is InChI=1S/C40H39N5O11/c1-24(46)51-21-32-35(54-25(2)47)36(55-26(3)48)38(56-32)45-23-43-34-33(41-22-42-37(34)45)30-16-14-27(15-17-30)18-31(39(49)52-19-28-10-6-4-7-11-28)44-40(50)53-20-29-12-8-5-9-13-29/h4-17,22-23,31-32,35-36,38H,18-21H2,1-3H3,(H,44,50)/t31-,32-,35-,36-,38-/m1/s1. The van der Waals surface area contributed by atoms with E-state index < -0.39 is 60.6 Å². The summed E-state index contributed by atoms with van der Waals surface area (Å²) in [6.07, 6.45) is -2.18. The molecule has 0 saturated carbocycles. The summed E-state index contributed by atoms with van der Waals surface area (Å²) in [6, 6.07) is 24.4. The number of esters is 4. The number of fused-ring (bicyclic) bond motifs is 1. The third kappa shape index (κ3) is 9.89. The van der Waals surface area contributed by atoms with Gasteiger partial charge in [0.15, 0.2) is 24.1 Å². The number of hydrogen-bond donors (Lipinski definition) is 1. The zero-order chi connectivity index (χ0) is 39.6. The molecule has 0 spiro atoms. The Kier molecular flexibility index (Phi) is 12.6. The van der Waals surface area contributed by atoms with Gasteiger partial charge in [-0.3, -0.25) is 19.0 Å². The fourth-order valence-electron chi connectivity index (χ4n) is 6.13. The van der Waals surface area contributed by atoms with Gasteiger partial charge in [-0.15, -0.1) is 0 Å². The van der Waals surface area contributed by atoms with E-state index in [0.29, 0.717) is 28.0 Å². The Morgan fingerprint density at radius 3 is 1.96 bits per heavy atom. The van der Waals surface area contributed by atoms with Crippen molar-refractivity contribution in [3.8, 4) is 11.3 Å². The van der Waals surface area contributed by atoms with Crippen LogP contribution in [0.15, 0.2) is 97.6 Å². The van der Waals surface area contributed by atoms with Gasteiger partial charge in [-0.05, 0) is 16.7 Å². The van der Waals surface area contributed by atoms with E-state index in [4.69, 9.17) is 28.4 Å². The van der Waals surface area contributed by atoms with Gasteiger partial charge in [0, 0.05) is 32.8 Å². The molecule has 6 rings (SSSR count). The van der Waals surface area contributed by atoms with Gasteiger partial charge in [-0.1, -0.05) is 84.9 Å². The number of carbonyl (C=O) groups excluding carboxylic acids is 5. The summed E-state index contributed by atoms with van der Waals surface area (Å²) < 4.78 is 34.9. The SMILES string of the molecule is CC(=O)OC[C@H]1O[C@@H](n2cnc3c(-c4ccc(C[C@@H](NC(=O)OCc5ccccc5)C(=O)OCc5ccccc5)cc4)ncnc32)[C@H](OC(C)=O)[C@@H]1OC(C)=O. The van der Waals surface area contributed by atoms with Crippen LogP contribution in [0.4, 0.5) is 4.79 Å². The van der Waals surface area contributed by atoms with Crippen LogP contribution in [0.3, 0.4) is 0 Å². The second-order valence-electron chi connectivity index (χ2n) is 12.8. The van der Waals surface area contributed by atoms with E-state index in [1.165, 1.54) is 38.0 Å². The molecule has 16 heteroatoms. The minimum absolute atomic E-state index is 0.0230. The van der Waals surface area contributed by atoms with E-state index >= 15 is 0 Å². The van der Waals surface area contributed by atoms with Crippen molar-refractivity contribution in [2.75, 3.05) is 6.61 Å². The first-order valence-corrected chi connectivity index (χ1v) is 17.6. The summed E-state index contributed by atoms with van der Waals surface area (Å²) in [5.41, 5.74) is 4.09. The van der Waals surface area contributed by atoms with E-state index in [0.717, 1.165) is 11.1 Å². The molecule has 1 aliphatic rings. The highest BCUT2D eigenvalue weighted by molar-refractivity contribution is 5.87. The molecule has 1 fully saturated rings. The quantitative estimate of drug-likeness (QED) is 0.123. The van der Waals surface area contributed by atoms with Gasteiger partial charge in [0.05, 0.1) is 6.33 Å². The molecule has 56 heavy (non-hydrogen) atoms. The largest absolute Gasteiger partial charge is 0.463 e. The Labute approximate surface area is 321 Å². The number of carbonyl (C=O) groups is 5.